The van der Waals surface area contributed by atoms with Gasteiger partial charge in [-0.25, -0.2) is 14.5 Å². The minimum absolute atomic E-state index is 0.00940. The standard InChI is InChI=1S/C72H97N11O12/c1-46(2)38-58(66(89)72(7)45-94-72)74-70(92)60(40-50-16-12-9-13-17-50)76-69(91)59(39-47(3)4)75-68(90)57(23-20-49-14-10-8-11-15-49)73-63(86)44-79-30-28-54(29-31-79)95-65(88)25-24-64(87)82-32-26-52(27-33-82)81-36-34-80(35-37-81)43-51-18-21-53(22-19-51)83-67(77-78-71(83)93)56-41-55(48(5)6)61(84)42-62(56)85/h8-19,21-22,41-42,46-48,52,54,57-60,84-85H,20,23-40,43-45H2,1-7H3,(H,73,86)(H,74,92)(H,75,90)(H,76,91)(H,78,93)/t57-,58-,59-,60-,72+/m0/s1. The van der Waals surface area contributed by atoms with Crippen LogP contribution in [0.25, 0.3) is 17.1 Å². The summed E-state index contributed by atoms with van der Waals surface area (Å²) in [5, 5.41) is 39.6. The Bertz CT molecular complexity index is 3480. The number of ether oxygens (including phenoxy) is 2. The summed E-state index contributed by atoms with van der Waals surface area (Å²) in [7, 11) is 0. The van der Waals surface area contributed by atoms with E-state index in [2.05, 4.69) is 41.3 Å². The number of amides is 5. The number of aromatic nitrogens is 3. The third-order valence-electron chi connectivity index (χ3n) is 18.7. The fourth-order valence-corrected chi connectivity index (χ4v) is 13.1. The minimum Gasteiger partial charge on any atom is -0.508 e. The van der Waals surface area contributed by atoms with Crippen LogP contribution in [0.15, 0.2) is 102 Å². The van der Waals surface area contributed by atoms with Crippen LogP contribution in [0.1, 0.15) is 134 Å². The molecule has 23 heteroatoms. The normalized spacial score (nSPS) is 18.8. The van der Waals surface area contributed by atoms with Crippen LogP contribution < -0.4 is 27.0 Å². The zero-order chi connectivity index (χ0) is 67.9. The predicted molar refractivity (Wildman–Crippen MR) is 359 cm³/mol. The van der Waals surface area contributed by atoms with Crippen molar-refractivity contribution in [1.29, 1.82) is 0 Å². The number of epoxide rings is 1. The highest BCUT2D eigenvalue weighted by Gasteiger charge is 2.50. The van der Waals surface area contributed by atoms with Gasteiger partial charge in [0.1, 0.15) is 41.3 Å². The fraction of sp³-hybridized carbons (Fsp3) is 0.542. The van der Waals surface area contributed by atoms with Gasteiger partial charge in [-0.1, -0.05) is 114 Å². The van der Waals surface area contributed by atoms with E-state index in [9.17, 15) is 48.6 Å². The number of carbonyl (C=O) groups is 7. The number of aromatic amines is 1. The number of Topliss-reactive ketones (excluding diaryl/α,β-unsaturated/α-hetero) is 1. The highest BCUT2D eigenvalue weighted by atomic mass is 16.6. The monoisotopic (exact) mass is 1310 g/mol. The molecule has 5 heterocycles. The molecule has 0 unspecified atom stereocenters. The van der Waals surface area contributed by atoms with Crippen LogP contribution in [0.2, 0.25) is 0 Å². The van der Waals surface area contributed by atoms with Gasteiger partial charge in [-0.05, 0) is 116 Å². The van der Waals surface area contributed by atoms with Crippen molar-refractivity contribution in [1.82, 2.24) is 55.6 Å². The number of aromatic hydroxyl groups is 2. The van der Waals surface area contributed by atoms with E-state index in [1.54, 1.807) is 13.0 Å². The number of benzene rings is 4. The third-order valence-corrected chi connectivity index (χ3v) is 18.7. The molecule has 0 spiro atoms. The van der Waals surface area contributed by atoms with E-state index in [4.69, 9.17) is 9.47 Å². The number of carbonyl (C=O) groups excluding carboxylic acids is 7. The number of esters is 1. The van der Waals surface area contributed by atoms with Gasteiger partial charge < -0.3 is 45.9 Å². The molecule has 0 saturated carbocycles. The van der Waals surface area contributed by atoms with Crippen LogP contribution in [0.5, 0.6) is 11.5 Å². The molecule has 1 aromatic heterocycles. The lowest BCUT2D eigenvalue weighted by Gasteiger charge is -2.42. The maximum atomic E-state index is 14.4. The summed E-state index contributed by atoms with van der Waals surface area (Å²) in [6.45, 7) is 20.1. The number of ketones is 1. The highest BCUT2D eigenvalue weighted by molar-refractivity contribution is 5.99. The summed E-state index contributed by atoms with van der Waals surface area (Å²) in [6.07, 6.45) is 3.81. The van der Waals surface area contributed by atoms with Gasteiger partial charge in [0.05, 0.1) is 36.9 Å². The number of piperazine rings is 1. The summed E-state index contributed by atoms with van der Waals surface area (Å²) in [6, 6.07) is 25.9. The van der Waals surface area contributed by atoms with Gasteiger partial charge in [-0.2, -0.15) is 5.10 Å². The first-order valence-corrected chi connectivity index (χ1v) is 33.9. The molecular formula is C72H97N11O12. The number of piperidine rings is 2. The fourth-order valence-electron chi connectivity index (χ4n) is 13.1. The summed E-state index contributed by atoms with van der Waals surface area (Å²) in [5.41, 5.74) is 2.99. The highest BCUT2D eigenvalue weighted by Crippen LogP contribution is 2.38. The van der Waals surface area contributed by atoms with Crippen LogP contribution in [0, 0.1) is 11.8 Å². The van der Waals surface area contributed by atoms with E-state index in [1.807, 2.05) is 136 Å². The van der Waals surface area contributed by atoms with Crippen molar-refractivity contribution in [2.24, 2.45) is 11.8 Å². The Morgan fingerprint density at radius 3 is 1.86 bits per heavy atom. The first-order valence-electron chi connectivity index (χ1n) is 33.9. The molecule has 5 amide bonds. The second kappa shape index (κ2) is 32.9. The van der Waals surface area contributed by atoms with Crippen molar-refractivity contribution < 1.29 is 53.2 Å². The summed E-state index contributed by atoms with van der Waals surface area (Å²) < 4.78 is 12.7. The number of phenols is 2. The first kappa shape index (κ1) is 71.1. The Hall–Kier alpha value is -8.25. The van der Waals surface area contributed by atoms with Crippen LogP contribution >= 0.6 is 0 Å². The lowest BCUT2D eigenvalue weighted by atomic mass is 9.93. The van der Waals surface area contributed by atoms with Gasteiger partial charge in [-0.3, -0.25) is 48.3 Å². The number of hydrogen-bond acceptors (Lipinski definition) is 16. The molecule has 5 atom stereocenters. The molecule has 4 aliphatic rings. The van der Waals surface area contributed by atoms with E-state index in [-0.39, 0.29) is 104 Å². The minimum atomic E-state index is -1.09. The molecule has 0 aliphatic carbocycles. The molecule has 4 fully saturated rings. The molecule has 0 bridgehead atoms. The number of phenolic OH excluding ortho intramolecular Hbond substituents is 2. The molecule has 7 N–H and O–H groups in total. The average Bonchev–Trinajstić information content (AvgIpc) is 1.71. The van der Waals surface area contributed by atoms with Crippen LogP contribution in [-0.2, 0) is 62.4 Å². The number of aryl methyl sites for hydroxylation is 1. The lowest BCUT2D eigenvalue weighted by molar-refractivity contribution is -0.153. The maximum Gasteiger partial charge on any atom is 0.348 e. The second-order valence-electron chi connectivity index (χ2n) is 27.5. The molecule has 512 valence electrons. The Kier molecular flexibility index (Phi) is 24.6. The number of likely N-dealkylation sites (tertiary alicyclic amines) is 2. The molecule has 9 rings (SSSR count). The largest absolute Gasteiger partial charge is 0.508 e. The molecule has 5 aromatic rings. The van der Waals surface area contributed by atoms with E-state index < -0.39 is 59.1 Å². The number of rotatable bonds is 30. The molecule has 0 radical (unpaired) electrons. The Labute approximate surface area is 557 Å². The zero-order valence-corrected chi connectivity index (χ0v) is 56.2. The Balaban J connectivity index is 0.696. The predicted octanol–water partition coefficient (Wildman–Crippen LogP) is 5.92. The maximum absolute atomic E-state index is 14.4. The molecule has 4 aliphatic heterocycles. The smallest absolute Gasteiger partial charge is 0.348 e. The number of hydrogen-bond donors (Lipinski definition) is 7. The molecule has 95 heavy (non-hydrogen) atoms. The van der Waals surface area contributed by atoms with Crippen molar-refractivity contribution in [2.45, 2.75) is 173 Å². The average molecular weight is 1310 g/mol. The zero-order valence-electron chi connectivity index (χ0n) is 56.2. The van der Waals surface area contributed by atoms with Gasteiger partial charge in [0.25, 0.3) is 0 Å². The first-order chi connectivity index (χ1) is 45.5. The van der Waals surface area contributed by atoms with Crippen LogP contribution in [0.3, 0.4) is 0 Å². The van der Waals surface area contributed by atoms with Crippen LogP contribution in [0.4, 0.5) is 0 Å². The summed E-state index contributed by atoms with van der Waals surface area (Å²) in [4.78, 5) is 119. The molecule has 23 nitrogen and oxygen atoms in total. The summed E-state index contributed by atoms with van der Waals surface area (Å²) >= 11 is 0. The molecule has 4 saturated heterocycles. The quantitative estimate of drug-likeness (QED) is 0.0207. The third kappa shape index (κ3) is 19.9. The van der Waals surface area contributed by atoms with Crippen molar-refractivity contribution in [3.63, 3.8) is 0 Å². The Morgan fingerprint density at radius 1 is 0.653 bits per heavy atom. The SMILES string of the molecule is CC(C)C[C@H](NC(=O)[C@H](CCc1ccccc1)NC(=O)CN1CCC(OC(=O)CCC(=O)N2CCC(N3CCN(Cc4ccc(-n5c(-c6cc(C(C)C)c(O)cc6O)n[nH]c5=O)cc4)CC3)CC2)CC1)C(=O)N[C@@H](Cc1ccccc1)C(=O)N[C@@H](CC(C)C)C(=O)[C@@]1(C)CO1. The van der Waals surface area contributed by atoms with Gasteiger partial charge in [0, 0.05) is 83.9 Å². The molecule has 4 aromatic carbocycles. The van der Waals surface area contributed by atoms with E-state index in [0.29, 0.717) is 74.7 Å². The lowest BCUT2D eigenvalue weighted by Crippen LogP contribution is -2.59. The topological polar surface area (TPSA) is 293 Å². The van der Waals surface area contributed by atoms with Gasteiger partial charge >= 0.3 is 11.7 Å². The summed E-state index contributed by atoms with van der Waals surface area (Å²) in [5.74, 6) is -2.70. The van der Waals surface area contributed by atoms with Crippen LogP contribution in [-0.4, -0.2) is 193 Å². The molecular weight excluding hydrogens is 1210 g/mol. The van der Waals surface area contributed by atoms with Gasteiger partial charge in [0.2, 0.25) is 29.5 Å². The van der Waals surface area contributed by atoms with Crippen molar-refractivity contribution in [3.05, 3.63) is 130 Å². The van der Waals surface area contributed by atoms with E-state index in [1.165, 1.54) is 10.6 Å². The number of H-pyrrole nitrogens is 1. The second-order valence-corrected chi connectivity index (χ2v) is 27.5. The van der Waals surface area contributed by atoms with Gasteiger partial charge in [-0.15, -0.1) is 0 Å². The van der Waals surface area contributed by atoms with Crippen molar-refractivity contribution in [2.75, 3.05) is 65.5 Å². The van der Waals surface area contributed by atoms with E-state index in [0.717, 1.165) is 62.3 Å². The van der Waals surface area contributed by atoms with Crippen molar-refractivity contribution in [3.8, 4) is 28.6 Å². The van der Waals surface area contributed by atoms with E-state index >= 15 is 0 Å². The Morgan fingerprint density at radius 2 is 1.24 bits per heavy atom. The van der Waals surface area contributed by atoms with Gasteiger partial charge in [0.15, 0.2) is 11.6 Å². The van der Waals surface area contributed by atoms with Crippen molar-refractivity contribution >= 4 is 41.3 Å². The number of nitrogens with zero attached hydrogens (tertiary/aromatic N) is 6. The number of nitrogens with one attached hydrogen (secondary N) is 5.